The minimum absolute atomic E-state index is 0. The van der Waals surface area contributed by atoms with Gasteiger partial charge in [0.1, 0.15) is 13.2 Å². The molecule has 0 saturated carbocycles. The van der Waals surface area contributed by atoms with Crippen LogP contribution in [0.5, 0.6) is 0 Å². The fourth-order valence-electron chi connectivity index (χ4n) is 4.04. The van der Waals surface area contributed by atoms with Crippen LogP contribution in [0.1, 0.15) is 50.7 Å². The number of rotatable bonds is 5. The number of alkyl halides is 1. The standard InChI is InChI=1S/C15H19NO3S.C13H16BrNO2.C2H4OS.K/c1-12(17)20-14-7-9-16(10-8-14)15(18)19-11-13-5-3-2-4-6-13;14-12-6-8-15(9-7-12)13(16)17-10-11-4-2-1-3-5-11;1-2(3)4;/h2-6,14H,7-11H2,1H3;1-5,12H,6-10H2;1H3,(H,3,4);/q;;;+1/p-1. The van der Waals surface area contributed by atoms with Gasteiger partial charge < -0.3 is 36.7 Å². The first-order valence-electron chi connectivity index (χ1n) is 13.5. The molecule has 0 spiro atoms. The predicted molar refractivity (Wildman–Crippen MR) is 168 cm³/mol. The SMILES string of the molecule is CC(=O)SC1CCN(C(=O)OCc2ccccc2)CC1.CC(=O)[S-].O=C(OCc1ccccc1)N1CCC(Br)CC1.[K+]. The Kier molecular flexibility index (Phi) is 20.9. The van der Waals surface area contributed by atoms with Crippen molar-refractivity contribution < 1.29 is 80.0 Å². The van der Waals surface area contributed by atoms with Gasteiger partial charge in [-0.15, -0.1) is 0 Å². The van der Waals surface area contributed by atoms with Gasteiger partial charge in [-0.05, 0) is 43.7 Å². The number of halogens is 1. The van der Waals surface area contributed by atoms with Gasteiger partial charge in [0.2, 0.25) is 0 Å². The molecular formula is C30H38BrKN2O6S2. The number of nitrogens with zero attached hydrogens (tertiary/aromatic N) is 2. The molecule has 2 fully saturated rings. The number of ether oxygens (including phenoxy) is 2. The van der Waals surface area contributed by atoms with Crippen molar-refractivity contribution in [1.82, 2.24) is 9.80 Å². The molecule has 2 heterocycles. The van der Waals surface area contributed by atoms with Crippen LogP contribution in [0, 0.1) is 0 Å². The van der Waals surface area contributed by atoms with Crippen LogP contribution in [0.2, 0.25) is 0 Å². The van der Waals surface area contributed by atoms with E-state index in [0.29, 0.717) is 36.4 Å². The summed E-state index contributed by atoms with van der Waals surface area (Å²) in [4.78, 5) is 48.0. The van der Waals surface area contributed by atoms with Crippen LogP contribution in [0.25, 0.3) is 0 Å². The fraction of sp³-hybridized carbons (Fsp3) is 0.467. The van der Waals surface area contributed by atoms with Crippen molar-refractivity contribution in [1.29, 1.82) is 0 Å². The second kappa shape index (κ2) is 22.5. The van der Waals surface area contributed by atoms with Crippen LogP contribution in [-0.2, 0) is 44.9 Å². The second-order valence-electron chi connectivity index (χ2n) is 9.53. The number of piperidine rings is 2. The Bertz CT molecular complexity index is 1080. The van der Waals surface area contributed by atoms with Gasteiger partial charge in [0, 0.05) is 48.3 Å². The van der Waals surface area contributed by atoms with Crippen molar-refractivity contribution in [3.8, 4) is 0 Å². The summed E-state index contributed by atoms with van der Waals surface area (Å²) in [7, 11) is 0. The van der Waals surface area contributed by atoms with Gasteiger partial charge in [-0.1, -0.05) is 88.4 Å². The van der Waals surface area contributed by atoms with Crippen molar-refractivity contribution >= 4 is 62.7 Å². The summed E-state index contributed by atoms with van der Waals surface area (Å²) in [6.07, 6.45) is 3.24. The molecular weight excluding hydrogens is 667 g/mol. The molecule has 42 heavy (non-hydrogen) atoms. The molecule has 0 radical (unpaired) electrons. The van der Waals surface area contributed by atoms with Crippen molar-refractivity contribution in [2.24, 2.45) is 0 Å². The van der Waals surface area contributed by atoms with E-state index in [0.717, 1.165) is 49.9 Å². The molecule has 2 saturated heterocycles. The molecule has 0 bridgehead atoms. The largest absolute Gasteiger partial charge is 1.00 e. The van der Waals surface area contributed by atoms with Gasteiger partial charge in [0.25, 0.3) is 0 Å². The van der Waals surface area contributed by atoms with Gasteiger partial charge >= 0.3 is 63.6 Å². The van der Waals surface area contributed by atoms with Crippen molar-refractivity contribution in [2.45, 2.75) is 62.8 Å². The van der Waals surface area contributed by atoms with Crippen LogP contribution in [0.15, 0.2) is 60.7 Å². The minimum Gasteiger partial charge on any atom is -0.742 e. The van der Waals surface area contributed by atoms with Crippen LogP contribution < -0.4 is 51.4 Å². The first-order chi connectivity index (χ1) is 19.6. The number of hydrogen-bond acceptors (Lipinski definition) is 8. The monoisotopic (exact) mass is 704 g/mol. The summed E-state index contributed by atoms with van der Waals surface area (Å²) >= 11 is 8.92. The third-order valence-corrected chi connectivity index (χ3v) is 8.18. The summed E-state index contributed by atoms with van der Waals surface area (Å²) in [5.41, 5.74) is 2.01. The number of benzene rings is 2. The molecule has 0 unspecified atom stereocenters. The number of carbonyl (C=O) groups excluding carboxylic acids is 4. The molecule has 0 aromatic heterocycles. The molecule has 2 aromatic rings. The Morgan fingerprint density at radius 3 is 1.48 bits per heavy atom. The predicted octanol–water partition coefficient (Wildman–Crippen LogP) is 3.33. The van der Waals surface area contributed by atoms with E-state index in [2.05, 4.69) is 28.6 Å². The van der Waals surface area contributed by atoms with E-state index >= 15 is 0 Å². The normalized spacial score (nSPS) is 15.0. The Labute approximate surface area is 310 Å². The molecule has 0 N–H and O–H groups in total. The second-order valence-corrected chi connectivity index (χ2v) is 12.9. The Hall–Kier alpha value is -0.994. The molecule has 8 nitrogen and oxygen atoms in total. The zero-order valence-electron chi connectivity index (χ0n) is 24.5. The maximum absolute atomic E-state index is 11.9. The molecule has 224 valence electrons. The van der Waals surface area contributed by atoms with Crippen LogP contribution in [0.3, 0.4) is 0 Å². The van der Waals surface area contributed by atoms with E-state index in [1.165, 1.54) is 18.7 Å². The van der Waals surface area contributed by atoms with Gasteiger partial charge in [-0.2, -0.15) is 0 Å². The molecule has 4 rings (SSSR count). The van der Waals surface area contributed by atoms with E-state index in [-0.39, 0.29) is 73.8 Å². The van der Waals surface area contributed by atoms with Gasteiger partial charge in [0.05, 0.1) is 0 Å². The zero-order valence-corrected chi connectivity index (χ0v) is 30.9. The van der Waals surface area contributed by atoms with Crippen molar-refractivity contribution in [3.63, 3.8) is 0 Å². The molecule has 2 aliphatic rings. The quantitative estimate of drug-likeness (QED) is 0.266. The number of hydrogen-bond donors (Lipinski definition) is 0. The van der Waals surface area contributed by atoms with Crippen molar-refractivity contribution in [3.05, 3.63) is 71.8 Å². The summed E-state index contributed by atoms with van der Waals surface area (Å²) in [6.45, 7) is 6.49. The zero-order chi connectivity index (χ0) is 30.0. The average molecular weight is 706 g/mol. The maximum Gasteiger partial charge on any atom is 1.00 e. The summed E-state index contributed by atoms with van der Waals surface area (Å²) in [6, 6.07) is 19.4. The average Bonchev–Trinajstić information content (AvgIpc) is 2.96. The number of carbonyl (C=O) groups is 4. The molecule has 2 aromatic carbocycles. The first kappa shape index (κ1) is 39.0. The van der Waals surface area contributed by atoms with Crippen LogP contribution >= 0.6 is 27.7 Å². The summed E-state index contributed by atoms with van der Waals surface area (Å²) in [5, 5.41) is 0.237. The van der Waals surface area contributed by atoms with Crippen molar-refractivity contribution in [2.75, 3.05) is 26.2 Å². The molecule has 12 heteroatoms. The van der Waals surface area contributed by atoms with E-state index in [4.69, 9.17) is 9.47 Å². The fourth-order valence-corrected chi connectivity index (χ4v) is 5.37. The number of thioether (sulfide) groups is 1. The molecule has 2 aliphatic heterocycles. The maximum atomic E-state index is 11.9. The van der Waals surface area contributed by atoms with E-state index in [9.17, 15) is 19.2 Å². The Morgan fingerprint density at radius 2 is 1.12 bits per heavy atom. The molecule has 0 atom stereocenters. The third kappa shape index (κ3) is 17.3. The van der Waals surface area contributed by atoms with Gasteiger partial charge in [-0.25, -0.2) is 9.59 Å². The number of likely N-dealkylation sites (tertiary alicyclic amines) is 2. The topological polar surface area (TPSA) is 93.2 Å². The van der Waals surface area contributed by atoms with Crippen LogP contribution in [-0.4, -0.2) is 68.5 Å². The van der Waals surface area contributed by atoms with E-state index in [1.807, 2.05) is 60.7 Å². The van der Waals surface area contributed by atoms with E-state index < -0.39 is 0 Å². The molecule has 0 aliphatic carbocycles. The summed E-state index contributed by atoms with van der Waals surface area (Å²) < 4.78 is 10.6. The summed E-state index contributed by atoms with van der Waals surface area (Å²) in [5.74, 6) is 0. The van der Waals surface area contributed by atoms with Crippen LogP contribution in [0.4, 0.5) is 9.59 Å². The van der Waals surface area contributed by atoms with E-state index in [1.54, 1.807) is 16.7 Å². The number of amides is 2. The van der Waals surface area contributed by atoms with Gasteiger partial charge in [0.15, 0.2) is 5.12 Å². The Morgan fingerprint density at radius 1 is 0.762 bits per heavy atom. The van der Waals surface area contributed by atoms with Gasteiger partial charge in [-0.3, -0.25) is 4.79 Å². The smallest absolute Gasteiger partial charge is 0.742 e. The minimum atomic E-state index is -0.264. The first-order valence-corrected chi connectivity index (χ1v) is 15.7. The third-order valence-electron chi connectivity index (χ3n) is 6.13. The molecule has 2 amide bonds. The Balaban J connectivity index is 0.000000368.